The van der Waals surface area contributed by atoms with Crippen molar-refractivity contribution in [2.45, 2.75) is 0 Å². The Hall–Kier alpha value is -2.41. The molecule has 2 N–H and O–H groups in total. The van der Waals surface area contributed by atoms with Crippen molar-refractivity contribution in [2.24, 2.45) is 0 Å². The normalized spacial score (nSPS) is 10.3. The third-order valence-electron chi connectivity index (χ3n) is 2.70. The molecule has 0 radical (unpaired) electrons. The molecule has 0 bridgehead atoms. The highest BCUT2D eigenvalue weighted by atomic mass is 35.5. The first-order chi connectivity index (χ1) is 9.90. The molecule has 1 amide bonds. The van der Waals surface area contributed by atoms with Crippen molar-refractivity contribution in [1.29, 1.82) is 0 Å². The van der Waals surface area contributed by atoms with Gasteiger partial charge in [0.05, 0.1) is 16.4 Å². The Bertz CT molecular complexity index is 697. The second-order valence-corrected chi connectivity index (χ2v) is 4.49. The summed E-state index contributed by atoms with van der Waals surface area (Å²) in [4.78, 5) is 15.7. The van der Waals surface area contributed by atoms with Crippen molar-refractivity contribution < 1.29 is 18.7 Å². The summed E-state index contributed by atoms with van der Waals surface area (Å²) in [6.45, 7) is 0. The van der Waals surface area contributed by atoms with Crippen LogP contribution in [0.1, 0.15) is 0 Å². The van der Waals surface area contributed by atoms with Crippen LogP contribution in [0.2, 0.25) is 5.02 Å². The SMILES string of the molecule is CN(C(=O)O)c1cc(F)c(F)cc1Nc1ncccc1Cl. The van der Waals surface area contributed by atoms with Crippen LogP contribution in [0.25, 0.3) is 0 Å². The van der Waals surface area contributed by atoms with Gasteiger partial charge in [0.25, 0.3) is 0 Å². The van der Waals surface area contributed by atoms with Crippen molar-refractivity contribution in [3.05, 3.63) is 47.1 Å². The van der Waals surface area contributed by atoms with E-state index in [9.17, 15) is 13.6 Å². The topological polar surface area (TPSA) is 65.5 Å². The Kier molecular flexibility index (Phi) is 4.23. The lowest BCUT2D eigenvalue weighted by Gasteiger charge is -2.19. The van der Waals surface area contributed by atoms with E-state index in [1.54, 1.807) is 12.1 Å². The number of rotatable bonds is 3. The van der Waals surface area contributed by atoms with Gasteiger partial charge in [0.1, 0.15) is 5.82 Å². The quantitative estimate of drug-likeness (QED) is 0.902. The first-order valence-electron chi connectivity index (χ1n) is 5.73. The van der Waals surface area contributed by atoms with E-state index in [1.807, 2.05) is 0 Å². The number of nitrogens with zero attached hydrogens (tertiary/aromatic N) is 2. The highest BCUT2D eigenvalue weighted by Crippen LogP contribution is 2.32. The molecule has 0 fully saturated rings. The smallest absolute Gasteiger partial charge is 0.411 e. The lowest BCUT2D eigenvalue weighted by molar-refractivity contribution is 0.203. The number of aromatic nitrogens is 1. The van der Waals surface area contributed by atoms with Gasteiger partial charge in [-0.1, -0.05) is 11.6 Å². The number of hydrogen-bond acceptors (Lipinski definition) is 3. The number of hydrogen-bond donors (Lipinski definition) is 2. The minimum atomic E-state index is -1.32. The van der Waals surface area contributed by atoms with Gasteiger partial charge in [0, 0.05) is 25.4 Å². The van der Waals surface area contributed by atoms with E-state index in [4.69, 9.17) is 16.7 Å². The molecule has 110 valence electrons. The van der Waals surface area contributed by atoms with Crippen LogP contribution in [0.5, 0.6) is 0 Å². The van der Waals surface area contributed by atoms with Crippen molar-refractivity contribution in [3.63, 3.8) is 0 Å². The summed E-state index contributed by atoms with van der Waals surface area (Å²) >= 11 is 5.92. The van der Waals surface area contributed by atoms with Crippen LogP contribution in [0.3, 0.4) is 0 Å². The molecule has 0 saturated carbocycles. The summed E-state index contributed by atoms with van der Waals surface area (Å²) in [5.41, 5.74) is -0.0393. The van der Waals surface area contributed by atoms with Gasteiger partial charge in [-0.15, -0.1) is 0 Å². The van der Waals surface area contributed by atoms with Crippen molar-refractivity contribution >= 4 is 34.9 Å². The molecule has 5 nitrogen and oxygen atoms in total. The third kappa shape index (κ3) is 3.19. The first kappa shape index (κ1) is 15.0. The molecule has 0 aliphatic rings. The van der Waals surface area contributed by atoms with Crippen LogP contribution in [0, 0.1) is 11.6 Å². The molecule has 21 heavy (non-hydrogen) atoms. The maximum Gasteiger partial charge on any atom is 0.411 e. The lowest BCUT2D eigenvalue weighted by atomic mass is 10.2. The van der Waals surface area contributed by atoms with Gasteiger partial charge in [0.2, 0.25) is 0 Å². The number of amides is 1. The van der Waals surface area contributed by atoms with E-state index in [2.05, 4.69) is 10.3 Å². The summed E-state index contributed by atoms with van der Waals surface area (Å²) in [7, 11) is 1.21. The maximum atomic E-state index is 13.4. The second-order valence-electron chi connectivity index (χ2n) is 4.08. The van der Waals surface area contributed by atoms with E-state index in [0.29, 0.717) is 0 Å². The number of carbonyl (C=O) groups is 1. The highest BCUT2D eigenvalue weighted by Gasteiger charge is 2.18. The minimum absolute atomic E-state index is 0.0272. The van der Waals surface area contributed by atoms with Crippen LogP contribution in [0.4, 0.5) is 30.8 Å². The fraction of sp³-hybridized carbons (Fsp3) is 0.0769. The first-order valence-corrected chi connectivity index (χ1v) is 6.11. The van der Waals surface area contributed by atoms with Gasteiger partial charge in [-0.25, -0.2) is 18.6 Å². The Morgan fingerprint density at radius 1 is 1.38 bits per heavy atom. The van der Waals surface area contributed by atoms with E-state index in [-0.39, 0.29) is 22.2 Å². The van der Waals surface area contributed by atoms with Gasteiger partial charge >= 0.3 is 6.09 Å². The minimum Gasteiger partial charge on any atom is -0.465 e. The molecule has 0 aliphatic carbocycles. The molecule has 0 spiro atoms. The predicted molar refractivity (Wildman–Crippen MR) is 75.3 cm³/mol. The molecular weight excluding hydrogens is 304 g/mol. The van der Waals surface area contributed by atoms with E-state index >= 15 is 0 Å². The molecular formula is C13H10ClF2N3O2. The van der Waals surface area contributed by atoms with E-state index < -0.39 is 17.7 Å². The summed E-state index contributed by atoms with van der Waals surface area (Å²) in [5, 5.41) is 11.9. The summed E-state index contributed by atoms with van der Waals surface area (Å²) in [5.74, 6) is -2.08. The van der Waals surface area contributed by atoms with Crippen LogP contribution >= 0.6 is 11.6 Å². The zero-order valence-corrected chi connectivity index (χ0v) is 11.5. The van der Waals surface area contributed by atoms with E-state index in [0.717, 1.165) is 17.0 Å². The van der Waals surface area contributed by atoms with Crippen LogP contribution in [0.15, 0.2) is 30.5 Å². The zero-order valence-electron chi connectivity index (χ0n) is 10.8. The summed E-state index contributed by atoms with van der Waals surface area (Å²) in [6, 6.07) is 4.78. The summed E-state index contributed by atoms with van der Waals surface area (Å²) in [6.07, 6.45) is 0.130. The van der Waals surface area contributed by atoms with Crippen LogP contribution in [-0.4, -0.2) is 23.2 Å². The molecule has 0 saturated heterocycles. The number of pyridine rings is 1. The number of benzene rings is 1. The highest BCUT2D eigenvalue weighted by molar-refractivity contribution is 6.33. The number of carboxylic acid groups (broad SMARTS) is 1. The lowest BCUT2D eigenvalue weighted by Crippen LogP contribution is -2.25. The molecule has 2 aromatic rings. The van der Waals surface area contributed by atoms with Gasteiger partial charge in [-0.2, -0.15) is 0 Å². The zero-order chi connectivity index (χ0) is 15.6. The Morgan fingerprint density at radius 3 is 2.67 bits per heavy atom. The van der Waals surface area contributed by atoms with Crippen LogP contribution in [-0.2, 0) is 0 Å². The largest absolute Gasteiger partial charge is 0.465 e. The van der Waals surface area contributed by atoms with Gasteiger partial charge < -0.3 is 10.4 Å². The van der Waals surface area contributed by atoms with Crippen molar-refractivity contribution in [3.8, 4) is 0 Å². The molecule has 0 unspecified atom stereocenters. The summed E-state index contributed by atoms with van der Waals surface area (Å²) < 4.78 is 26.7. The molecule has 1 heterocycles. The molecule has 1 aromatic carbocycles. The fourth-order valence-corrected chi connectivity index (χ4v) is 1.79. The van der Waals surface area contributed by atoms with Crippen LogP contribution < -0.4 is 10.2 Å². The Balaban J connectivity index is 2.49. The van der Waals surface area contributed by atoms with E-state index in [1.165, 1.54) is 13.2 Å². The van der Waals surface area contributed by atoms with Gasteiger partial charge in [0.15, 0.2) is 11.6 Å². The second kappa shape index (κ2) is 5.92. The molecule has 2 rings (SSSR count). The van der Waals surface area contributed by atoms with Crippen molar-refractivity contribution in [2.75, 3.05) is 17.3 Å². The van der Waals surface area contributed by atoms with Gasteiger partial charge in [-0.05, 0) is 12.1 Å². The predicted octanol–water partition coefficient (Wildman–Crippen LogP) is 3.87. The molecule has 0 atom stereocenters. The third-order valence-corrected chi connectivity index (χ3v) is 3.00. The Labute approximate surface area is 123 Å². The van der Waals surface area contributed by atoms with Gasteiger partial charge in [-0.3, -0.25) is 4.90 Å². The number of nitrogens with one attached hydrogen (secondary N) is 1. The Morgan fingerprint density at radius 2 is 2.05 bits per heavy atom. The van der Waals surface area contributed by atoms with Crippen molar-refractivity contribution in [1.82, 2.24) is 4.98 Å². The molecule has 8 heteroatoms. The average molecular weight is 314 g/mol. The maximum absolute atomic E-state index is 13.4. The number of halogens is 3. The standard InChI is InChI=1S/C13H10ClF2N3O2/c1-19(13(20)21)11-6-9(16)8(15)5-10(11)18-12-7(14)3-2-4-17-12/h2-6H,1H3,(H,17,18)(H,20,21). The number of anilines is 3. The average Bonchev–Trinajstić information content (AvgIpc) is 2.44. The molecule has 1 aromatic heterocycles. The molecule has 0 aliphatic heterocycles. The fourth-order valence-electron chi connectivity index (χ4n) is 1.62. The monoisotopic (exact) mass is 313 g/mol.